The van der Waals surface area contributed by atoms with Crippen molar-refractivity contribution in [2.45, 2.75) is 39.2 Å². The third-order valence-corrected chi connectivity index (χ3v) is 4.70. The number of carbonyl (C=O) groups excluding carboxylic acids is 4. The maximum atomic E-state index is 12.3. The highest BCUT2D eigenvalue weighted by Crippen LogP contribution is 2.23. The first-order valence-electron chi connectivity index (χ1n) is 10.5. The highest BCUT2D eigenvalue weighted by Gasteiger charge is 2.32. The third-order valence-electron chi connectivity index (χ3n) is 4.70. The summed E-state index contributed by atoms with van der Waals surface area (Å²) >= 11 is 0. The van der Waals surface area contributed by atoms with Crippen LogP contribution in [0, 0.1) is 5.92 Å². The van der Waals surface area contributed by atoms with Gasteiger partial charge < -0.3 is 34.5 Å². The zero-order chi connectivity index (χ0) is 22.2. The third kappa shape index (κ3) is 10.7. The molecule has 3 amide bonds. The number of nitrogens with zero attached hydrogens (tertiary/aromatic N) is 1. The number of nitrogens with one attached hydrogen (secondary N) is 2. The highest BCUT2D eigenvalue weighted by atomic mass is 16.5. The van der Waals surface area contributed by atoms with Crippen LogP contribution in [0.3, 0.4) is 0 Å². The monoisotopic (exact) mass is 429 g/mol. The van der Waals surface area contributed by atoms with Crippen molar-refractivity contribution in [3.8, 4) is 0 Å². The lowest BCUT2D eigenvalue weighted by Crippen LogP contribution is -2.49. The lowest BCUT2D eigenvalue weighted by Gasteiger charge is -2.37. The molecule has 2 atom stereocenters. The molecule has 172 valence electrons. The van der Waals surface area contributed by atoms with E-state index < -0.39 is 0 Å². The van der Waals surface area contributed by atoms with Crippen LogP contribution in [0.15, 0.2) is 0 Å². The van der Waals surface area contributed by atoms with Gasteiger partial charge in [-0.3, -0.25) is 14.4 Å². The maximum absolute atomic E-state index is 12.3. The van der Waals surface area contributed by atoms with Crippen molar-refractivity contribution in [1.82, 2.24) is 15.5 Å². The Morgan fingerprint density at radius 1 is 1.03 bits per heavy atom. The zero-order valence-corrected chi connectivity index (χ0v) is 18.0. The molecular weight excluding hydrogens is 394 g/mol. The van der Waals surface area contributed by atoms with Gasteiger partial charge in [-0.2, -0.15) is 0 Å². The van der Waals surface area contributed by atoms with Gasteiger partial charge in [0.1, 0.15) is 19.5 Å². The molecule has 0 spiro atoms. The number of likely N-dealkylation sites (tertiary alicyclic amines) is 1. The second kappa shape index (κ2) is 15.8. The van der Waals surface area contributed by atoms with E-state index in [-0.39, 0.29) is 62.7 Å². The van der Waals surface area contributed by atoms with Gasteiger partial charge in [0.25, 0.3) is 0 Å². The molecule has 1 aliphatic rings. The van der Waals surface area contributed by atoms with Crippen LogP contribution < -0.4 is 10.6 Å². The van der Waals surface area contributed by atoms with Gasteiger partial charge in [0.15, 0.2) is 0 Å². The molecule has 1 rings (SSSR count). The van der Waals surface area contributed by atoms with E-state index >= 15 is 0 Å². The first kappa shape index (κ1) is 26.0. The van der Waals surface area contributed by atoms with E-state index in [0.717, 1.165) is 6.42 Å². The molecule has 0 bridgehead atoms. The summed E-state index contributed by atoms with van der Waals surface area (Å²) in [6.07, 6.45) is 2.84. The first-order chi connectivity index (χ1) is 14.5. The number of piperidine rings is 1. The summed E-state index contributed by atoms with van der Waals surface area (Å²) in [5.74, 6) is -0.401. The molecule has 0 aromatic heterocycles. The van der Waals surface area contributed by atoms with E-state index in [0.29, 0.717) is 45.4 Å². The second-order valence-electron chi connectivity index (χ2n) is 7.14. The molecule has 1 fully saturated rings. The minimum atomic E-state index is -0.358. The SMILES string of the molecule is CCCNC(=O)C1CCN(C(=O)COCCOCCOCC(=O)NCC=O)C(C)C1. The zero-order valence-electron chi connectivity index (χ0n) is 18.0. The fraction of sp³-hybridized carbons (Fsp3) is 0.800. The molecule has 0 aromatic carbocycles. The van der Waals surface area contributed by atoms with Crippen molar-refractivity contribution < 1.29 is 33.4 Å². The van der Waals surface area contributed by atoms with Crippen molar-refractivity contribution in [3.63, 3.8) is 0 Å². The number of hydrogen-bond acceptors (Lipinski definition) is 7. The van der Waals surface area contributed by atoms with Crippen molar-refractivity contribution >= 4 is 24.0 Å². The molecule has 30 heavy (non-hydrogen) atoms. The Hall–Kier alpha value is -2.04. The maximum Gasteiger partial charge on any atom is 0.248 e. The van der Waals surface area contributed by atoms with Gasteiger partial charge in [-0.15, -0.1) is 0 Å². The number of aldehydes is 1. The van der Waals surface area contributed by atoms with Crippen molar-refractivity contribution in [2.24, 2.45) is 5.92 Å². The smallest absolute Gasteiger partial charge is 0.248 e. The van der Waals surface area contributed by atoms with E-state index in [9.17, 15) is 19.2 Å². The van der Waals surface area contributed by atoms with Crippen LogP contribution >= 0.6 is 0 Å². The number of hydrogen-bond donors (Lipinski definition) is 2. The second-order valence-corrected chi connectivity index (χ2v) is 7.14. The van der Waals surface area contributed by atoms with E-state index in [1.807, 2.05) is 13.8 Å². The van der Waals surface area contributed by atoms with Gasteiger partial charge in [-0.25, -0.2) is 0 Å². The summed E-state index contributed by atoms with van der Waals surface area (Å²) in [7, 11) is 0. The Balaban J connectivity index is 2.06. The number of rotatable bonds is 15. The Labute approximate surface area is 178 Å². The van der Waals surface area contributed by atoms with Gasteiger partial charge in [-0.1, -0.05) is 6.92 Å². The van der Waals surface area contributed by atoms with Crippen LogP contribution in [0.1, 0.15) is 33.1 Å². The van der Waals surface area contributed by atoms with Crippen molar-refractivity contribution in [3.05, 3.63) is 0 Å². The normalized spacial score (nSPS) is 18.7. The minimum absolute atomic E-state index is 0.00403. The average Bonchev–Trinajstić information content (AvgIpc) is 2.74. The molecule has 1 saturated heterocycles. The van der Waals surface area contributed by atoms with E-state index in [1.54, 1.807) is 4.90 Å². The van der Waals surface area contributed by atoms with Gasteiger partial charge >= 0.3 is 0 Å². The molecule has 0 radical (unpaired) electrons. The quantitative estimate of drug-likeness (QED) is 0.266. The lowest BCUT2D eigenvalue weighted by atomic mass is 9.90. The summed E-state index contributed by atoms with van der Waals surface area (Å²) < 4.78 is 15.8. The molecule has 0 saturated carbocycles. The van der Waals surface area contributed by atoms with Gasteiger partial charge in [-0.05, 0) is 26.2 Å². The van der Waals surface area contributed by atoms with Crippen molar-refractivity contribution in [2.75, 3.05) is 59.3 Å². The number of ether oxygens (including phenoxy) is 3. The molecule has 0 aliphatic carbocycles. The summed E-state index contributed by atoms with van der Waals surface area (Å²) in [6, 6.07) is 0.00403. The van der Waals surface area contributed by atoms with Crippen molar-refractivity contribution in [1.29, 1.82) is 0 Å². The Kier molecular flexibility index (Phi) is 13.7. The molecule has 1 heterocycles. The molecule has 10 nitrogen and oxygen atoms in total. The fourth-order valence-electron chi connectivity index (χ4n) is 3.12. The van der Waals surface area contributed by atoms with E-state index in [2.05, 4.69) is 10.6 Å². The van der Waals surface area contributed by atoms with E-state index in [1.165, 1.54) is 0 Å². The average molecular weight is 430 g/mol. The largest absolute Gasteiger partial charge is 0.377 e. The highest BCUT2D eigenvalue weighted by molar-refractivity contribution is 5.81. The predicted octanol–water partition coefficient (Wildman–Crippen LogP) is -0.495. The number of carbonyl (C=O) groups is 4. The van der Waals surface area contributed by atoms with Gasteiger partial charge in [0.2, 0.25) is 17.7 Å². The molecule has 1 aliphatic heterocycles. The first-order valence-corrected chi connectivity index (χ1v) is 10.5. The van der Waals surface area contributed by atoms with Crippen LogP contribution in [0.25, 0.3) is 0 Å². The van der Waals surface area contributed by atoms with Crippen LogP contribution in [0.2, 0.25) is 0 Å². The number of amides is 3. The summed E-state index contributed by atoms with van der Waals surface area (Å²) in [5.41, 5.74) is 0. The fourth-order valence-corrected chi connectivity index (χ4v) is 3.12. The Morgan fingerprint density at radius 2 is 1.70 bits per heavy atom. The molecule has 10 heteroatoms. The van der Waals surface area contributed by atoms with Crippen LogP contribution in [-0.4, -0.2) is 94.2 Å². The van der Waals surface area contributed by atoms with Crippen LogP contribution in [0.5, 0.6) is 0 Å². The molecular formula is C20H35N3O7. The van der Waals surface area contributed by atoms with Crippen LogP contribution in [0.4, 0.5) is 0 Å². The minimum Gasteiger partial charge on any atom is -0.377 e. The van der Waals surface area contributed by atoms with Crippen LogP contribution in [-0.2, 0) is 33.4 Å². The Morgan fingerprint density at radius 3 is 2.33 bits per heavy atom. The Bertz CT molecular complexity index is 544. The molecule has 0 aromatic rings. The van der Waals surface area contributed by atoms with Gasteiger partial charge in [0, 0.05) is 25.0 Å². The standard InChI is InChI=1S/C20H35N3O7/c1-3-5-22-20(27)17-4-7-23(16(2)13-17)19(26)15-30-12-10-28-9-11-29-14-18(25)21-6-8-24/h8,16-17H,3-7,9-15H2,1-2H3,(H,21,25)(H,22,27). The van der Waals surface area contributed by atoms with Gasteiger partial charge in [0.05, 0.1) is 33.0 Å². The molecule has 2 unspecified atom stereocenters. The predicted molar refractivity (Wildman–Crippen MR) is 109 cm³/mol. The topological polar surface area (TPSA) is 123 Å². The molecule has 2 N–H and O–H groups in total. The summed E-state index contributed by atoms with van der Waals surface area (Å²) in [6.45, 7) is 6.16. The summed E-state index contributed by atoms with van der Waals surface area (Å²) in [4.78, 5) is 47.5. The lowest BCUT2D eigenvalue weighted by molar-refractivity contribution is -0.143. The van der Waals surface area contributed by atoms with E-state index in [4.69, 9.17) is 14.2 Å². The summed E-state index contributed by atoms with van der Waals surface area (Å²) in [5, 5.41) is 5.28.